The van der Waals surface area contributed by atoms with Gasteiger partial charge in [-0.2, -0.15) is 0 Å². The summed E-state index contributed by atoms with van der Waals surface area (Å²) < 4.78 is 0. The monoisotopic (exact) mass is 330 g/mol. The Bertz CT molecular complexity index is 623. The fourth-order valence-electron chi connectivity index (χ4n) is 3.57. The first-order chi connectivity index (χ1) is 11.5. The number of likely N-dealkylation sites (tertiary alicyclic amines) is 1. The average Bonchev–Trinajstić information content (AvgIpc) is 2.96. The van der Waals surface area contributed by atoms with Crippen LogP contribution in [0.4, 0.5) is 5.69 Å². The molecule has 2 amide bonds. The maximum Gasteiger partial charge on any atom is 0.228 e. The molecule has 130 valence electrons. The van der Waals surface area contributed by atoms with Crippen LogP contribution in [0.3, 0.4) is 0 Å². The quantitative estimate of drug-likeness (QED) is 0.838. The van der Waals surface area contributed by atoms with Gasteiger partial charge in [0.05, 0.1) is 5.92 Å². The van der Waals surface area contributed by atoms with E-state index in [4.69, 9.17) is 0 Å². The van der Waals surface area contributed by atoms with Crippen LogP contribution in [0.25, 0.3) is 0 Å². The van der Waals surface area contributed by atoms with Crippen LogP contribution in [0.2, 0.25) is 0 Å². The number of hydrogen-bond acceptors (Lipinski definition) is 4. The molecule has 0 bridgehead atoms. The van der Waals surface area contributed by atoms with Gasteiger partial charge >= 0.3 is 0 Å². The maximum absolute atomic E-state index is 12.7. The van der Waals surface area contributed by atoms with Crippen molar-refractivity contribution in [3.63, 3.8) is 0 Å². The molecule has 0 aromatic carbocycles. The maximum atomic E-state index is 12.7. The summed E-state index contributed by atoms with van der Waals surface area (Å²) in [4.78, 5) is 35.0. The largest absolute Gasteiger partial charge is 0.368 e. The Morgan fingerprint density at radius 3 is 2.54 bits per heavy atom. The normalized spacial score (nSPS) is 21.8. The van der Waals surface area contributed by atoms with Gasteiger partial charge in [-0.05, 0) is 32.9 Å². The van der Waals surface area contributed by atoms with Gasteiger partial charge in [0.25, 0.3) is 0 Å². The molecule has 2 aliphatic rings. The fourth-order valence-corrected chi connectivity index (χ4v) is 3.57. The minimum Gasteiger partial charge on any atom is -0.368 e. The molecule has 1 aromatic rings. The van der Waals surface area contributed by atoms with Gasteiger partial charge in [0.1, 0.15) is 0 Å². The van der Waals surface area contributed by atoms with E-state index in [1.807, 2.05) is 42.8 Å². The molecule has 0 radical (unpaired) electrons. The van der Waals surface area contributed by atoms with E-state index < -0.39 is 0 Å². The molecule has 24 heavy (non-hydrogen) atoms. The molecular weight excluding hydrogens is 304 g/mol. The lowest BCUT2D eigenvalue weighted by molar-refractivity contribution is -0.136. The number of aromatic nitrogens is 1. The third kappa shape index (κ3) is 3.37. The second-order valence-electron chi connectivity index (χ2n) is 7.01. The van der Waals surface area contributed by atoms with E-state index in [0.717, 1.165) is 24.5 Å². The van der Waals surface area contributed by atoms with E-state index in [-0.39, 0.29) is 23.8 Å². The smallest absolute Gasteiger partial charge is 0.228 e. The minimum atomic E-state index is -0.172. The minimum absolute atomic E-state index is 0.106. The van der Waals surface area contributed by atoms with Crippen LogP contribution in [-0.2, 0) is 9.59 Å². The molecule has 3 rings (SSSR count). The van der Waals surface area contributed by atoms with Crippen LogP contribution in [0.5, 0.6) is 0 Å². The van der Waals surface area contributed by atoms with E-state index in [2.05, 4.69) is 16.0 Å². The topological polar surface area (TPSA) is 56.8 Å². The van der Waals surface area contributed by atoms with Gasteiger partial charge in [-0.1, -0.05) is 0 Å². The second-order valence-corrected chi connectivity index (χ2v) is 7.01. The Labute approximate surface area is 143 Å². The zero-order chi connectivity index (χ0) is 17.3. The molecule has 2 saturated heterocycles. The number of nitrogens with zero attached hydrogens (tertiary/aromatic N) is 4. The van der Waals surface area contributed by atoms with Crippen molar-refractivity contribution in [2.24, 2.45) is 5.92 Å². The van der Waals surface area contributed by atoms with Crippen LogP contribution in [0.15, 0.2) is 18.3 Å². The number of piperazine rings is 1. The standard InChI is InChI=1S/C18H26N4O2/c1-13(2)22-12-15(11-17(22)23)18(24)21-8-6-20(7-9-21)16-4-5-19-14(3)10-16/h4-5,10,13,15H,6-9,11-12H2,1-3H3/t15-/m1/s1. The Hall–Kier alpha value is -2.11. The molecule has 3 heterocycles. The number of amides is 2. The van der Waals surface area contributed by atoms with Crippen molar-refractivity contribution in [2.75, 3.05) is 37.6 Å². The Morgan fingerprint density at radius 2 is 1.96 bits per heavy atom. The molecule has 2 fully saturated rings. The lowest BCUT2D eigenvalue weighted by Crippen LogP contribution is -2.50. The van der Waals surface area contributed by atoms with E-state index >= 15 is 0 Å². The summed E-state index contributed by atoms with van der Waals surface area (Å²) in [5.41, 5.74) is 2.17. The first kappa shape index (κ1) is 16.7. The zero-order valence-corrected chi connectivity index (χ0v) is 14.7. The van der Waals surface area contributed by atoms with Gasteiger partial charge in [0.2, 0.25) is 11.8 Å². The fraction of sp³-hybridized carbons (Fsp3) is 0.611. The highest BCUT2D eigenvalue weighted by molar-refractivity contribution is 5.89. The predicted octanol–water partition coefficient (Wildman–Crippen LogP) is 1.30. The number of aryl methyl sites for hydroxylation is 1. The van der Waals surface area contributed by atoms with Crippen LogP contribution in [-0.4, -0.2) is 65.4 Å². The van der Waals surface area contributed by atoms with Crippen LogP contribution < -0.4 is 4.90 Å². The first-order valence-corrected chi connectivity index (χ1v) is 8.71. The second kappa shape index (κ2) is 6.79. The summed E-state index contributed by atoms with van der Waals surface area (Å²) >= 11 is 0. The van der Waals surface area contributed by atoms with Crippen LogP contribution in [0.1, 0.15) is 26.0 Å². The highest BCUT2D eigenvalue weighted by Crippen LogP contribution is 2.23. The number of rotatable bonds is 3. The predicted molar refractivity (Wildman–Crippen MR) is 92.7 cm³/mol. The van der Waals surface area contributed by atoms with E-state index in [0.29, 0.717) is 26.1 Å². The summed E-state index contributed by atoms with van der Waals surface area (Å²) in [5.74, 6) is 0.0703. The SMILES string of the molecule is Cc1cc(N2CCN(C(=O)[C@@H]3CC(=O)N(C(C)C)C3)CC2)ccn1. The van der Waals surface area contributed by atoms with Gasteiger partial charge in [0.15, 0.2) is 0 Å². The van der Waals surface area contributed by atoms with Crippen molar-refractivity contribution in [3.05, 3.63) is 24.0 Å². The van der Waals surface area contributed by atoms with Gasteiger partial charge < -0.3 is 14.7 Å². The summed E-state index contributed by atoms with van der Waals surface area (Å²) in [6, 6.07) is 4.26. The number of carbonyl (C=O) groups excluding carboxylic acids is 2. The third-order valence-corrected chi connectivity index (χ3v) is 4.97. The van der Waals surface area contributed by atoms with Gasteiger partial charge in [0, 0.05) is 62.8 Å². The molecular formula is C18H26N4O2. The van der Waals surface area contributed by atoms with E-state index in [1.165, 1.54) is 0 Å². The molecule has 1 atom stereocenters. The van der Waals surface area contributed by atoms with Crippen LogP contribution >= 0.6 is 0 Å². The first-order valence-electron chi connectivity index (χ1n) is 8.71. The molecule has 0 unspecified atom stereocenters. The number of carbonyl (C=O) groups is 2. The molecule has 0 spiro atoms. The molecule has 1 aromatic heterocycles. The van der Waals surface area contributed by atoms with E-state index in [9.17, 15) is 9.59 Å². The molecule has 0 aliphatic carbocycles. The summed E-state index contributed by atoms with van der Waals surface area (Å²) in [5, 5.41) is 0. The summed E-state index contributed by atoms with van der Waals surface area (Å²) in [7, 11) is 0. The lowest BCUT2D eigenvalue weighted by atomic mass is 10.1. The number of hydrogen-bond donors (Lipinski definition) is 0. The Kier molecular flexibility index (Phi) is 4.73. The average molecular weight is 330 g/mol. The van der Waals surface area contributed by atoms with E-state index in [1.54, 1.807) is 0 Å². The lowest BCUT2D eigenvalue weighted by Gasteiger charge is -2.37. The molecule has 6 heteroatoms. The van der Waals surface area contributed by atoms with Gasteiger partial charge in [-0.25, -0.2) is 0 Å². The Balaban J connectivity index is 1.57. The number of pyridine rings is 1. The van der Waals surface area contributed by atoms with Crippen LogP contribution in [0, 0.1) is 12.8 Å². The van der Waals surface area contributed by atoms with Gasteiger partial charge in [-0.3, -0.25) is 14.6 Å². The third-order valence-electron chi connectivity index (χ3n) is 4.97. The van der Waals surface area contributed by atoms with Crippen molar-refractivity contribution >= 4 is 17.5 Å². The van der Waals surface area contributed by atoms with Crippen molar-refractivity contribution in [2.45, 2.75) is 33.2 Å². The van der Waals surface area contributed by atoms with Crippen molar-refractivity contribution < 1.29 is 9.59 Å². The molecule has 2 aliphatic heterocycles. The summed E-state index contributed by atoms with van der Waals surface area (Å²) in [6.07, 6.45) is 2.19. The Morgan fingerprint density at radius 1 is 1.25 bits per heavy atom. The van der Waals surface area contributed by atoms with Crippen molar-refractivity contribution in [1.29, 1.82) is 0 Å². The van der Waals surface area contributed by atoms with Gasteiger partial charge in [-0.15, -0.1) is 0 Å². The highest BCUT2D eigenvalue weighted by Gasteiger charge is 2.38. The summed E-state index contributed by atoms with van der Waals surface area (Å²) in [6.45, 7) is 9.63. The molecule has 6 nitrogen and oxygen atoms in total. The number of anilines is 1. The highest BCUT2D eigenvalue weighted by atomic mass is 16.2. The van der Waals surface area contributed by atoms with Crippen molar-refractivity contribution in [3.8, 4) is 0 Å². The molecule has 0 saturated carbocycles. The zero-order valence-electron chi connectivity index (χ0n) is 14.7. The molecule has 0 N–H and O–H groups in total. The van der Waals surface area contributed by atoms with Crippen molar-refractivity contribution in [1.82, 2.24) is 14.8 Å².